The summed E-state index contributed by atoms with van der Waals surface area (Å²) in [5, 5.41) is 0.595. The maximum absolute atomic E-state index is 6.13. The van der Waals surface area contributed by atoms with Crippen LogP contribution in [0.1, 0.15) is 11.1 Å². The monoisotopic (exact) mass is 310 g/mol. The van der Waals surface area contributed by atoms with Gasteiger partial charge in [0, 0.05) is 12.3 Å². The van der Waals surface area contributed by atoms with Crippen LogP contribution in [0.5, 0.6) is 11.5 Å². The SMILES string of the molecule is COc1ccc(CCOc2ccc(CCl)cc2Cl)cc1. The van der Waals surface area contributed by atoms with E-state index in [-0.39, 0.29) is 0 Å². The molecule has 2 aromatic carbocycles. The molecule has 0 aromatic heterocycles. The number of hydrogen-bond acceptors (Lipinski definition) is 2. The Kier molecular flexibility index (Phi) is 5.57. The molecule has 0 atom stereocenters. The molecule has 0 saturated heterocycles. The van der Waals surface area contributed by atoms with Crippen LogP contribution in [-0.4, -0.2) is 13.7 Å². The summed E-state index contributed by atoms with van der Waals surface area (Å²) in [6, 6.07) is 13.5. The predicted molar refractivity (Wildman–Crippen MR) is 83.2 cm³/mol. The number of ether oxygens (including phenoxy) is 2. The van der Waals surface area contributed by atoms with Crippen LogP contribution < -0.4 is 9.47 Å². The number of alkyl halides is 1. The third-order valence-corrected chi connectivity index (χ3v) is 3.56. The van der Waals surface area contributed by atoms with E-state index in [0.717, 1.165) is 17.7 Å². The smallest absolute Gasteiger partial charge is 0.137 e. The number of halogens is 2. The third kappa shape index (κ3) is 4.06. The summed E-state index contributed by atoms with van der Waals surface area (Å²) in [5.74, 6) is 2.00. The lowest BCUT2D eigenvalue weighted by Crippen LogP contribution is -2.02. The van der Waals surface area contributed by atoms with Crippen molar-refractivity contribution in [3.05, 3.63) is 58.6 Å². The van der Waals surface area contributed by atoms with Gasteiger partial charge in [-0.1, -0.05) is 29.8 Å². The molecule has 0 aliphatic rings. The van der Waals surface area contributed by atoms with Gasteiger partial charge in [-0.3, -0.25) is 0 Å². The first-order valence-corrected chi connectivity index (χ1v) is 7.24. The highest BCUT2D eigenvalue weighted by atomic mass is 35.5. The lowest BCUT2D eigenvalue weighted by Gasteiger charge is -2.09. The second kappa shape index (κ2) is 7.41. The Hall–Kier alpha value is -1.38. The Balaban J connectivity index is 1.88. The summed E-state index contributed by atoms with van der Waals surface area (Å²) in [7, 11) is 1.66. The van der Waals surface area contributed by atoms with Crippen LogP contribution in [0.25, 0.3) is 0 Å². The van der Waals surface area contributed by atoms with Crippen LogP contribution in [0.3, 0.4) is 0 Å². The first-order chi connectivity index (χ1) is 9.72. The van der Waals surface area contributed by atoms with E-state index in [9.17, 15) is 0 Å². The summed E-state index contributed by atoms with van der Waals surface area (Å²) in [4.78, 5) is 0. The van der Waals surface area contributed by atoms with Gasteiger partial charge in [0.2, 0.25) is 0 Å². The predicted octanol–water partition coefficient (Wildman–Crippen LogP) is 4.71. The lowest BCUT2D eigenvalue weighted by atomic mass is 10.1. The van der Waals surface area contributed by atoms with Gasteiger partial charge in [0.25, 0.3) is 0 Å². The van der Waals surface area contributed by atoms with Crippen molar-refractivity contribution in [2.24, 2.45) is 0 Å². The molecule has 2 rings (SSSR count). The molecule has 2 aromatic rings. The van der Waals surface area contributed by atoms with Crippen molar-refractivity contribution in [1.29, 1.82) is 0 Å². The summed E-state index contributed by atoms with van der Waals surface area (Å²) >= 11 is 11.9. The minimum Gasteiger partial charge on any atom is -0.497 e. The van der Waals surface area contributed by atoms with Crippen molar-refractivity contribution >= 4 is 23.2 Å². The quantitative estimate of drug-likeness (QED) is 0.719. The van der Waals surface area contributed by atoms with E-state index in [1.165, 1.54) is 5.56 Å². The van der Waals surface area contributed by atoms with Crippen LogP contribution in [0.15, 0.2) is 42.5 Å². The molecule has 0 spiro atoms. The van der Waals surface area contributed by atoms with Gasteiger partial charge in [-0.25, -0.2) is 0 Å². The van der Waals surface area contributed by atoms with Crippen molar-refractivity contribution in [3.8, 4) is 11.5 Å². The Morgan fingerprint density at radius 3 is 2.30 bits per heavy atom. The van der Waals surface area contributed by atoms with E-state index in [2.05, 4.69) is 0 Å². The molecule has 4 heteroatoms. The minimum atomic E-state index is 0.450. The van der Waals surface area contributed by atoms with Gasteiger partial charge in [0.15, 0.2) is 0 Å². The molecule has 0 fully saturated rings. The Morgan fingerprint density at radius 1 is 1.00 bits per heavy atom. The Labute approximate surface area is 129 Å². The third-order valence-electron chi connectivity index (χ3n) is 2.96. The number of rotatable bonds is 6. The average molecular weight is 311 g/mol. The fourth-order valence-corrected chi connectivity index (χ4v) is 2.24. The summed E-state index contributed by atoms with van der Waals surface area (Å²) in [5.41, 5.74) is 2.18. The summed E-state index contributed by atoms with van der Waals surface area (Å²) < 4.78 is 10.8. The number of methoxy groups -OCH3 is 1. The van der Waals surface area contributed by atoms with Gasteiger partial charge in [-0.2, -0.15) is 0 Å². The zero-order valence-electron chi connectivity index (χ0n) is 11.2. The van der Waals surface area contributed by atoms with Crippen LogP contribution in [0.4, 0.5) is 0 Å². The number of hydrogen-bond donors (Lipinski definition) is 0. The molecule has 0 bridgehead atoms. The van der Waals surface area contributed by atoms with Crippen LogP contribution >= 0.6 is 23.2 Å². The lowest BCUT2D eigenvalue weighted by molar-refractivity contribution is 0.322. The van der Waals surface area contributed by atoms with Crippen LogP contribution in [-0.2, 0) is 12.3 Å². The van der Waals surface area contributed by atoms with Crippen LogP contribution in [0, 0.1) is 0 Å². The van der Waals surface area contributed by atoms with Crippen molar-refractivity contribution in [2.45, 2.75) is 12.3 Å². The molecule has 106 valence electrons. The molecule has 0 radical (unpaired) electrons. The van der Waals surface area contributed by atoms with E-state index in [4.69, 9.17) is 32.7 Å². The molecule has 0 N–H and O–H groups in total. The maximum Gasteiger partial charge on any atom is 0.137 e. The fraction of sp³-hybridized carbons (Fsp3) is 0.250. The van der Waals surface area contributed by atoms with Gasteiger partial charge < -0.3 is 9.47 Å². The molecular weight excluding hydrogens is 295 g/mol. The highest BCUT2D eigenvalue weighted by Gasteiger charge is 2.03. The highest BCUT2D eigenvalue weighted by molar-refractivity contribution is 6.32. The van der Waals surface area contributed by atoms with E-state index < -0.39 is 0 Å². The normalized spacial score (nSPS) is 10.3. The standard InChI is InChI=1S/C16H16Cl2O2/c1-19-14-5-2-12(3-6-14)8-9-20-16-7-4-13(11-17)10-15(16)18/h2-7,10H,8-9,11H2,1H3. The van der Waals surface area contributed by atoms with Crippen LogP contribution in [0.2, 0.25) is 5.02 Å². The molecule has 0 aliphatic carbocycles. The highest BCUT2D eigenvalue weighted by Crippen LogP contribution is 2.26. The van der Waals surface area contributed by atoms with Crippen molar-refractivity contribution in [1.82, 2.24) is 0 Å². The van der Waals surface area contributed by atoms with E-state index in [1.54, 1.807) is 7.11 Å². The van der Waals surface area contributed by atoms with Gasteiger partial charge in [0.1, 0.15) is 11.5 Å². The first kappa shape index (κ1) is 15.0. The zero-order valence-corrected chi connectivity index (χ0v) is 12.7. The maximum atomic E-state index is 6.13. The van der Waals surface area contributed by atoms with Gasteiger partial charge in [-0.05, 0) is 35.4 Å². The molecule has 0 saturated carbocycles. The number of benzene rings is 2. The van der Waals surface area contributed by atoms with E-state index in [1.807, 2.05) is 42.5 Å². The van der Waals surface area contributed by atoms with E-state index >= 15 is 0 Å². The molecule has 0 aliphatic heterocycles. The van der Waals surface area contributed by atoms with Crippen molar-refractivity contribution < 1.29 is 9.47 Å². The average Bonchev–Trinajstić information content (AvgIpc) is 2.49. The molecule has 0 heterocycles. The van der Waals surface area contributed by atoms with Gasteiger partial charge in [0.05, 0.1) is 18.7 Å². The molecular formula is C16H16Cl2O2. The van der Waals surface area contributed by atoms with Gasteiger partial charge >= 0.3 is 0 Å². The van der Waals surface area contributed by atoms with Crippen molar-refractivity contribution in [2.75, 3.05) is 13.7 Å². The second-order valence-corrected chi connectivity index (χ2v) is 5.02. The van der Waals surface area contributed by atoms with E-state index in [0.29, 0.717) is 23.3 Å². The first-order valence-electron chi connectivity index (χ1n) is 6.33. The Bertz CT molecular complexity index is 553. The summed E-state index contributed by atoms with van der Waals surface area (Å²) in [6.07, 6.45) is 0.817. The van der Waals surface area contributed by atoms with Gasteiger partial charge in [-0.15, -0.1) is 11.6 Å². The topological polar surface area (TPSA) is 18.5 Å². The zero-order chi connectivity index (χ0) is 14.4. The minimum absolute atomic E-state index is 0.450. The molecule has 0 unspecified atom stereocenters. The summed E-state index contributed by atoms with van der Waals surface area (Å²) in [6.45, 7) is 0.576. The van der Waals surface area contributed by atoms with Crippen molar-refractivity contribution in [3.63, 3.8) is 0 Å². The molecule has 2 nitrogen and oxygen atoms in total. The largest absolute Gasteiger partial charge is 0.497 e. The fourth-order valence-electron chi connectivity index (χ4n) is 1.82. The molecule has 0 amide bonds. The molecule has 20 heavy (non-hydrogen) atoms. The Morgan fingerprint density at radius 2 is 1.70 bits per heavy atom. The second-order valence-electron chi connectivity index (χ2n) is 4.34.